The minimum absolute atomic E-state index is 0.0414. The SMILES string of the molecule is COC(=O)c1c(NC(=O)c2ccc(OC)cc2)c2cc(NCc3ccc(OC)c(O)c3)cnc2n1C. The average molecular weight is 491 g/mol. The van der Waals surface area contributed by atoms with Crippen LogP contribution in [0.15, 0.2) is 54.7 Å². The molecule has 4 aromatic rings. The van der Waals surface area contributed by atoms with Gasteiger partial charge < -0.3 is 34.5 Å². The van der Waals surface area contributed by atoms with Crippen LogP contribution in [0.25, 0.3) is 11.0 Å². The molecule has 0 saturated heterocycles. The van der Waals surface area contributed by atoms with Crippen LogP contribution in [0.1, 0.15) is 26.4 Å². The van der Waals surface area contributed by atoms with Crippen LogP contribution in [0.5, 0.6) is 17.2 Å². The van der Waals surface area contributed by atoms with E-state index in [9.17, 15) is 14.7 Å². The van der Waals surface area contributed by atoms with Crippen LogP contribution in [0.2, 0.25) is 0 Å². The molecule has 0 aliphatic rings. The summed E-state index contributed by atoms with van der Waals surface area (Å²) >= 11 is 0. The van der Waals surface area contributed by atoms with E-state index in [1.54, 1.807) is 67.4 Å². The number of aromatic hydroxyl groups is 1. The predicted octanol–water partition coefficient (Wildman–Crippen LogP) is 3.95. The number of fused-ring (bicyclic) bond motifs is 1. The third-order valence-corrected chi connectivity index (χ3v) is 5.74. The summed E-state index contributed by atoms with van der Waals surface area (Å²) in [7, 11) is 5.99. The molecule has 0 bridgehead atoms. The van der Waals surface area contributed by atoms with Crippen molar-refractivity contribution < 1.29 is 28.9 Å². The number of phenols is 1. The van der Waals surface area contributed by atoms with Gasteiger partial charge in [0.25, 0.3) is 5.91 Å². The molecule has 2 heterocycles. The lowest BCUT2D eigenvalue weighted by molar-refractivity contribution is 0.0591. The first-order valence-electron chi connectivity index (χ1n) is 11.0. The van der Waals surface area contributed by atoms with Gasteiger partial charge in [0.05, 0.1) is 38.9 Å². The second-order valence-corrected chi connectivity index (χ2v) is 7.91. The van der Waals surface area contributed by atoms with Crippen molar-refractivity contribution in [2.75, 3.05) is 32.0 Å². The van der Waals surface area contributed by atoms with Gasteiger partial charge in [-0.15, -0.1) is 0 Å². The van der Waals surface area contributed by atoms with E-state index in [2.05, 4.69) is 15.6 Å². The van der Waals surface area contributed by atoms with Crippen molar-refractivity contribution in [3.05, 3.63) is 71.5 Å². The Kier molecular flexibility index (Phi) is 6.95. The summed E-state index contributed by atoms with van der Waals surface area (Å²) in [5.41, 5.74) is 2.82. The Morgan fingerprint density at radius 3 is 2.42 bits per heavy atom. The van der Waals surface area contributed by atoms with E-state index >= 15 is 0 Å². The molecule has 186 valence electrons. The fourth-order valence-electron chi connectivity index (χ4n) is 3.85. The van der Waals surface area contributed by atoms with Gasteiger partial charge in [0.1, 0.15) is 11.4 Å². The maximum atomic E-state index is 13.0. The predicted molar refractivity (Wildman–Crippen MR) is 135 cm³/mol. The van der Waals surface area contributed by atoms with Crippen LogP contribution in [0.4, 0.5) is 11.4 Å². The summed E-state index contributed by atoms with van der Waals surface area (Å²) in [5.74, 6) is 0.0431. The molecule has 36 heavy (non-hydrogen) atoms. The van der Waals surface area contributed by atoms with Crippen molar-refractivity contribution in [2.24, 2.45) is 7.05 Å². The van der Waals surface area contributed by atoms with Crippen molar-refractivity contribution in [3.63, 3.8) is 0 Å². The second-order valence-electron chi connectivity index (χ2n) is 7.91. The molecule has 1 amide bonds. The number of aromatic nitrogens is 2. The third-order valence-electron chi connectivity index (χ3n) is 5.74. The average Bonchev–Trinajstić information content (AvgIpc) is 3.17. The smallest absolute Gasteiger partial charge is 0.356 e. The number of nitrogens with zero attached hydrogens (tertiary/aromatic N) is 2. The highest BCUT2D eigenvalue weighted by molar-refractivity contribution is 6.14. The van der Waals surface area contributed by atoms with Gasteiger partial charge in [-0.2, -0.15) is 0 Å². The number of phenolic OH excluding ortho intramolecular Hbond substituents is 1. The third kappa shape index (κ3) is 4.74. The van der Waals surface area contributed by atoms with Gasteiger partial charge in [-0.1, -0.05) is 6.07 Å². The van der Waals surface area contributed by atoms with Crippen LogP contribution < -0.4 is 20.1 Å². The zero-order valence-electron chi connectivity index (χ0n) is 20.3. The second kappa shape index (κ2) is 10.3. The largest absolute Gasteiger partial charge is 0.504 e. The number of carbonyl (C=O) groups excluding carboxylic acids is 2. The molecule has 0 aliphatic carbocycles. The van der Waals surface area contributed by atoms with Crippen molar-refractivity contribution in [1.82, 2.24) is 9.55 Å². The normalized spacial score (nSPS) is 10.7. The lowest BCUT2D eigenvalue weighted by Crippen LogP contribution is -2.16. The maximum Gasteiger partial charge on any atom is 0.356 e. The van der Waals surface area contributed by atoms with Crippen LogP contribution in [-0.2, 0) is 18.3 Å². The first-order valence-corrected chi connectivity index (χ1v) is 11.0. The fraction of sp³-hybridized carbons (Fsp3) is 0.192. The molecule has 10 nitrogen and oxygen atoms in total. The van der Waals surface area contributed by atoms with Crippen LogP contribution in [0.3, 0.4) is 0 Å². The summed E-state index contributed by atoms with van der Waals surface area (Å²) in [4.78, 5) is 30.1. The summed E-state index contributed by atoms with van der Waals surface area (Å²) in [5, 5.41) is 16.7. The van der Waals surface area contributed by atoms with E-state index < -0.39 is 11.9 Å². The molecular formula is C26H26N4O6. The molecule has 3 N–H and O–H groups in total. The molecule has 0 saturated carbocycles. The van der Waals surface area contributed by atoms with E-state index in [1.165, 1.54) is 14.2 Å². The standard InChI is InChI=1S/C26H26N4O6/c1-30-23(26(33)36-4)22(29-25(32)16-6-8-18(34-2)9-7-16)19-12-17(14-28-24(19)30)27-13-15-5-10-21(35-3)20(31)11-15/h5-12,14,27,31H,13H2,1-4H3,(H,29,32). The van der Waals surface area contributed by atoms with E-state index in [0.29, 0.717) is 46.0 Å². The number of anilines is 2. The van der Waals surface area contributed by atoms with Crippen molar-refractivity contribution in [1.29, 1.82) is 0 Å². The van der Waals surface area contributed by atoms with E-state index in [4.69, 9.17) is 14.2 Å². The fourth-order valence-corrected chi connectivity index (χ4v) is 3.85. The number of ether oxygens (including phenoxy) is 3. The zero-order valence-corrected chi connectivity index (χ0v) is 20.3. The number of amides is 1. The van der Waals surface area contributed by atoms with E-state index in [1.807, 2.05) is 6.07 Å². The molecule has 4 rings (SSSR count). The Hall–Kier alpha value is -4.73. The van der Waals surface area contributed by atoms with Gasteiger partial charge in [-0.3, -0.25) is 4.79 Å². The number of pyridine rings is 1. The number of carbonyl (C=O) groups is 2. The number of nitrogens with one attached hydrogen (secondary N) is 2. The van der Waals surface area contributed by atoms with E-state index in [-0.39, 0.29) is 11.4 Å². The van der Waals surface area contributed by atoms with Crippen LogP contribution >= 0.6 is 0 Å². The Balaban J connectivity index is 1.67. The maximum absolute atomic E-state index is 13.0. The number of esters is 1. The number of benzene rings is 2. The molecule has 0 aliphatic heterocycles. The van der Waals surface area contributed by atoms with Gasteiger partial charge in [-0.25, -0.2) is 9.78 Å². The van der Waals surface area contributed by atoms with Crippen molar-refractivity contribution in [3.8, 4) is 17.2 Å². The minimum atomic E-state index is -0.608. The quantitative estimate of drug-likeness (QED) is 0.317. The summed E-state index contributed by atoms with van der Waals surface area (Å²) in [6.07, 6.45) is 1.63. The van der Waals surface area contributed by atoms with Gasteiger partial charge >= 0.3 is 5.97 Å². The number of hydrogen-bond donors (Lipinski definition) is 3. The molecule has 0 spiro atoms. The highest BCUT2D eigenvalue weighted by atomic mass is 16.5. The van der Waals surface area contributed by atoms with Gasteiger partial charge in [-0.05, 0) is 48.0 Å². The molecule has 0 atom stereocenters. The molecule has 0 radical (unpaired) electrons. The van der Waals surface area contributed by atoms with Crippen LogP contribution in [-0.4, -0.2) is 47.9 Å². The number of methoxy groups -OCH3 is 3. The van der Waals surface area contributed by atoms with Gasteiger partial charge in [0.2, 0.25) is 0 Å². The molecule has 10 heteroatoms. The minimum Gasteiger partial charge on any atom is -0.504 e. The Morgan fingerprint density at radius 2 is 1.78 bits per heavy atom. The Labute approximate surface area is 207 Å². The Bertz CT molecular complexity index is 1430. The summed E-state index contributed by atoms with van der Waals surface area (Å²) in [6.45, 7) is 0.398. The van der Waals surface area contributed by atoms with Gasteiger partial charge in [0.15, 0.2) is 17.2 Å². The lowest BCUT2D eigenvalue weighted by Gasteiger charge is -2.10. The topological polar surface area (TPSA) is 124 Å². The number of aryl methyl sites for hydroxylation is 1. The number of rotatable bonds is 8. The molecule has 0 fully saturated rings. The molecule has 0 unspecified atom stereocenters. The Morgan fingerprint density at radius 1 is 1.03 bits per heavy atom. The molecule has 2 aromatic carbocycles. The van der Waals surface area contributed by atoms with E-state index in [0.717, 1.165) is 5.56 Å². The molecule has 2 aromatic heterocycles. The zero-order chi connectivity index (χ0) is 25.8. The first kappa shape index (κ1) is 24.4. The van der Waals surface area contributed by atoms with Crippen LogP contribution in [0, 0.1) is 0 Å². The lowest BCUT2D eigenvalue weighted by atomic mass is 10.1. The first-order chi connectivity index (χ1) is 17.4. The summed E-state index contributed by atoms with van der Waals surface area (Å²) < 4.78 is 16.8. The highest BCUT2D eigenvalue weighted by Crippen LogP contribution is 2.33. The monoisotopic (exact) mass is 490 g/mol. The number of hydrogen-bond acceptors (Lipinski definition) is 8. The highest BCUT2D eigenvalue weighted by Gasteiger charge is 2.25. The van der Waals surface area contributed by atoms with Gasteiger partial charge in [0, 0.05) is 24.5 Å². The molecular weight excluding hydrogens is 464 g/mol. The van der Waals surface area contributed by atoms with Crippen molar-refractivity contribution >= 4 is 34.3 Å². The van der Waals surface area contributed by atoms with Crippen molar-refractivity contribution in [2.45, 2.75) is 6.54 Å². The summed E-state index contributed by atoms with van der Waals surface area (Å²) in [6, 6.07) is 13.5.